The number of nitrogens with zero attached hydrogens (tertiary/aromatic N) is 2. The molecule has 27 heavy (non-hydrogen) atoms. The van der Waals surface area contributed by atoms with Crippen molar-refractivity contribution in [3.05, 3.63) is 23.8 Å². The van der Waals surface area contributed by atoms with Crippen molar-refractivity contribution in [1.82, 2.24) is 9.80 Å². The Hall–Kier alpha value is -2.12. The maximum Gasteiger partial charge on any atom is 0.321 e. The molecule has 0 bridgehead atoms. The fourth-order valence-corrected chi connectivity index (χ4v) is 4.29. The second-order valence-corrected chi connectivity index (χ2v) is 7.90. The highest BCUT2D eigenvalue weighted by Crippen LogP contribution is 2.38. The van der Waals surface area contributed by atoms with Crippen LogP contribution in [0.25, 0.3) is 0 Å². The summed E-state index contributed by atoms with van der Waals surface area (Å²) in [7, 11) is 3.64. The zero-order valence-electron chi connectivity index (χ0n) is 16.5. The molecule has 3 rings (SSSR count). The van der Waals surface area contributed by atoms with E-state index in [2.05, 4.69) is 22.6 Å². The van der Waals surface area contributed by atoms with Crippen LogP contribution in [0.4, 0.5) is 16.2 Å². The number of methoxy groups -OCH3 is 1. The quantitative estimate of drug-likeness (QED) is 0.849. The lowest BCUT2D eigenvalue weighted by Gasteiger charge is -2.40. The number of likely N-dealkylation sites (tertiary alicyclic amines) is 2. The third kappa shape index (κ3) is 4.59. The van der Waals surface area contributed by atoms with Crippen molar-refractivity contribution in [1.29, 1.82) is 0 Å². The predicted octanol–water partition coefficient (Wildman–Crippen LogP) is 2.53. The fourth-order valence-electron chi connectivity index (χ4n) is 4.29. The molecular weight excluding hydrogens is 344 g/mol. The maximum atomic E-state index is 12.9. The number of carbonyl (C=O) groups is 2. The average molecular weight is 374 g/mol. The number of nitrogens with one attached hydrogen (secondary N) is 2. The summed E-state index contributed by atoms with van der Waals surface area (Å²) in [6.45, 7) is 5.67. The zero-order chi connectivity index (χ0) is 19.4. The Balaban J connectivity index is 1.66. The number of ether oxygens (including phenoxy) is 1. The van der Waals surface area contributed by atoms with Crippen LogP contribution in [0, 0.1) is 12.3 Å². The van der Waals surface area contributed by atoms with Gasteiger partial charge in [0.15, 0.2) is 0 Å². The normalized spacial score (nSPS) is 22.9. The second kappa shape index (κ2) is 8.27. The van der Waals surface area contributed by atoms with Crippen molar-refractivity contribution in [2.45, 2.75) is 26.2 Å². The molecule has 3 amide bonds. The Labute approximate surface area is 161 Å². The molecule has 0 aromatic heterocycles. The molecule has 0 aliphatic carbocycles. The minimum absolute atomic E-state index is 0.000331. The predicted molar refractivity (Wildman–Crippen MR) is 106 cm³/mol. The number of carbonyl (C=O) groups excluding carboxylic acids is 2. The van der Waals surface area contributed by atoms with Gasteiger partial charge in [-0.25, -0.2) is 4.79 Å². The standard InChI is InChI=1S/C20H30N4O3/c1-15-16(21-18(25)12-27-3)6-4-7-17(15)22-19(26)24-10-5-8-20(14-24)9-11-23(2)13-20/h4,6-7H,5,8-14H2,1-3H3,(H,21,25)(H,22,26)/t20-/m0/s1. The van der Waals surface area contributed by atoms with Gasteiger partial charge in [0.1, 0.15) is 6.61 Å². The molecule has 2 aliphatic heterocycles. The van der Waals surface area contributed by atoms with Crippen LogP contribution in [-0.2, 0) is 9.53 Å². The van der Waals surface area contributed by atoms with Gasteiger partial charge < -0.3 is 25.2 Å². The Bertz CT molecular complexity index is 704. The summed E-state index contributed by atoms with van der Waals surface area (Å²) < 4.78 is 4.85. The number of urea groups is 1. The molecule has 7 nitrogen and oxygen atoms in total. The van der Waals surface area contributed by atoms with Crippen LogP contribution in [0.1, 0.15) is 24.8 Å². The minimum atomic E-state index is -0.215. The van der Waals surface area contributed by atoms with Crippen LogP contribution in [0.2, 0.25) is 0 Å². The molecule has 2 saturated heterocycles. The third-order valence-corrected chi connectivity index (χ3v) is 5.70. The van der Waals surface area contributed by atoms with Crippen molar-refractivity contribution in [3.8, 4) is 0 Å². The minimum Gasteiger partial charge on any atom is -0.375 e. The van der Waals surface area contributed by atoms with E-state index >= 15 is 0 Å². The summed E-state index contributed by atoms with van der Waals surface area (Å²) in [4.78, 5) is 29.0. The van der Waals surface area contributed by atoms with Gasteiger partial charge in [0.25, 0.3) is 0 Å². The molecule has 0 radical (unpaired) electrons. The molecule has 1 spiro atoms. The van der Waals surface area contributed by atoms with E-state index in [-0.39, 0.29) is 24.0 Å². The van der Waals surface area contributed by atoms with Crippen molar-refractivity contribution < 1.29 is 14.3 Å². The largest absolute Gasteiger partial charge is 0.375 e. The lowest BCUT2D eigenvalue weighted by atomic mass is 9.79. The highest BCUT2D eigenvalue weighted by Gasteiger charge is 2.41. The Morgan fingerprint density at radius 2 is 1.89 bits per heavy atom. The van der Waals surface area contributed by atoms with Crippen LogP contribution in [0.15, 0.2) is 18.2 Å². The maximum absolute atomic E-state index is 12.9. The Kier molecular flexibility index (Phi) is 6.01. The van der Waals surface area contributed by atoms with Gasteiger partial charge in [-0.3, -0.25) is 4.79 Å². The number of hydrogen-bond donors (Lipinski definition) is 2. The van der Waals surface area contributed by atoms with Crippen molar-refractivity contribution in [2.75, 3.05) is 57.6 Å². The molecule has 1 aromatic carbocycles. The average Bonchev–Trinajstić information content (AvgIpc) is 2.98. The monoisotopic (exact) mass is 374 g/mol. The van der Waals surface area contributed by atoms with E-state index in [0.717, 1.165) is 50.3 Å². The number of hydrogen-bond acceptors (Lipinski definition) is 4. The van der Waals surface area contributed by atoms with Gasteiger partial charge >= 0.3 is 6.03 Å². The van der Waals surface area contributed by atoms with E-state index in [9.17, 15) is 9.59 Å². The van der Waals surface area contributed by atoms with Crippen LogP contribution in [0.3, 0.4) is 0 Å². The first-order valence-corrected chi connectivity index (χ1v) is 9.55. The molecule has 2 aliphatic rings. The lowest BCUT2D eigenvalue weighted by molar-refractivity contribution is -0.119. The SMILES string of the molecule is COCC(=O)Nc1cccc(NC(=O)N2CCC[C@@]3(CCN(C)C3)C2)c1C. The van der Waals surface area contributed by atoms with Gasteiger partial charge in [-0.1, -0.05) is 6.07 Å². The van der Waals surface area contributed by atoms with Crippen molar-refractivity contribution in [2.24, 2.45) is 5.41 Å². The highest BCUT2D eigenvalue weighted by molar-refractivity contribution is 5.95. The van der Waals surface area contributed by atoms with Gasteiger partial charge in [0, 0.05) is 43.5 Å². The van der Waals surface area contributed by atoms with E-state index in [1.807, 2.05) is 30.0 Å². The molecule has 2 heterocycles. The van der Waals surface area contributed by atoms with Crippen LogP contribution in [0.5, 0.6) is 0 Å². The number of rotatable bonds is 4. The number of amides is 3. The number of piperidine rings is 1. The fraction of sp³-hybridized carbons (Fsp3) is 0.600. The van der Waals surface area contributed by atoms with Crippen LogP contribution < -0.4 is 10.6 Å². The van der Waals surface area contributed by atoms with Gasteiger partial charge in [0.2, 0.25) is 5.91 Å². The van der Waals surface area contributed by atoms with Gasteiger partial charge in [-0.05, 0) is 57.5 Å². The Morgan fingerprint density at radius 1 is 1.15 bits per heavy atom. The zero-order valence-corrected chi connectivity index (χ0v) is 16.5. The topological polar surface area (TPSA) is 73.9 Å². The molecule has 1 aromatic rings. The summed E-state index contributed by atoms with van der Waals surface area (Å²) >= 11 is 0. The molecule has 1 atom stereocenters. The first-order chi connectivity index (χ1) is 12.9. The van der Waals surface area contributed by atoms with Gasteiger partial charge in [-0.15, -0.1) is 0 Å². The molecule has 7 heteroatoms. The summed E-state index contributed by atoms with van der Waals surface area (Å²) in [5.41, 5.74) is 2.48. The van der Waals surface area contributed by atoms with Crippen LogP contribution in [-0.4, -0.2) is 68.7 Å². The third-order valence-electron chi connectivity index (χ3n) is 5.70. The summed E-state index contributed by atoms with van der Waals surface area (Å²) in [5, 5.41) is 5.85. The van der Waals surface area contributed by atoms with Gasteiger partial charge in [-0.2, -0.15) is 0 Å². The lowest BCUT2D eigenvalue weighted by Crippen LogP contribution is -2.48. The summed E-state index contributed by atoms with van der Waals surface area (Å²) in [6, 6.07) is 5.45. The molecule has 0 saturated carbocycles. The number of anilines is 2. The van der Waals surface area contributed by atoms with E-state index < -0.39 is 0 Å². The van der Waals surface area contributed by atoms with E-state index in [0.29, 0.717) is 5.69 Å². The first kappa shape index (κ1) is 19.6. The molecule has 148 valence electrons. The smallest absolute Gasteiger partial charge is 0.321 e. The number of benzene rings is 1. The van der Waals surface area contributed by atoms with Crippen molar-refractivity contribution >= 4 is 23.3 Å². The second-order valence-electron chi connectivity index (χ2n) is 7.90. The molecule has 2 N–H and O–H groups in total. The first-order valence-electron chi connectivity index (χ1n) is 9.55. The summed E-state index contributed by atoms with van der Waals surface area (Å²) in [6.07, 6.45) is 3.40. The van der Waals surface area contributed by atoms with E-state index in [1.165, 1.54) is 13.5 Å². The highest BCUT2D eigenvalue weighted by atomic mass is 16.5. The Morgan fingerprint density at radius 3 is 2.56 bits per heavy atom. The van der Waals surface area contributed by atoms with E-state index in [4.69, 9.17) is 4.74 Å². The van der Waals surface area contributed by atoms with E-state index in [1.54, 1.807) is 0 Å². The van der Waals surface area contributed by atoms with Crippen molar-refractivity contribution in [3.63, 3.8) is 0 Å². The molecule has 2 fully saturated rings. The van der Waals surface area contributed by atoms with Crippen LogP contribution >= 0.6 is 0 Å². The molecule has 0 unspecified atom stereocenters. The molecular formula is C20H30N4O3. The van der Waals surface area contributed by atoms with Gasteiger partial charge in [0.05, 0.1) is 0 Å². The summed E-state index contributed by atoms with van der Waals surface area (Å²) in [5.74, 6) is -0.215.